The predicted molar refractivity (Wildman–Crippen MR) is 251 cm³/mol. The molecule has 0 fully saturated rings. The number of hydrogen-bond acceptors (Lipinski definition) is 5. The van der Waals surface area contributed by atoms with Crippen LogP contribution >= 0.6 is 0 Å². The number of nitrogens with zero attached hydrogens (tertiary/aromatic N) is 4. The summed E-state index contributed by atoms with van der Waals surface area (Å²) in [6.45, 7) is 28.2. The minimum atomic E-state index is -0.295. The first-order chi connectivity index (χ1) is 28.2. The van der Waals surface area contributed by atoms with Gasteiger partial charge in [0.25, 0.3) is 11.8 Å². The van der Waals surface area contributed by atoms with Crippen molar-refractivity contribution in [3.63, 3.8) is 0 Å². The van der Waals surface area contributed by atoms with Crippen LogP contribution < -0.4 is 4.90 Å². The minimum absolute atomic E-state index is 0.109. The Morgan fingerprint density at radius 1 is 0.712 bits per heavy atom. The molecule has 0 saturated carbocycles. The van der Waals surface area contributed by atoms with Gasteiger partial charge in [-0.3, -0.25) is 24.4 Å². The molecular formula is C52H58N4O3. The predicted octanol–water partition coefficient (Wildman–Crippen LogP) is 13.5. The van der Waals surface area contributed by atoms with E-state index in [-0.39, 0.29) is 17.6 Å². The number of amides is 2. The Labute approximate surface area is 350 Å². The fourth-order valence-corrected chi connectivity index (χ4v) is 6.63. The van der Waals surface area contributed by atoms with Crippen LogP contribution in [0.4, 0.5) is 5.69 Å². The number of para-hydroxylation sites is 1. The average molecular weight is 787 g/mol. The lowest BCUT2D eigenvalue weighted by molar-refractivity contribution is -0.112. The van der Waals surface area contributed by atoms with Crippen molar-refractivity contribution in [2.75, 3.05) is 4.90 Å². The topological polar surface area (TPSA) is 84.6 Å². The number of fused-ring (bicyclic) bond motifs is 4. The summed E-state index contributed by atoms with van der Waals surface area (Å²) >= 11 is 0. The van der Waals surface area contributed by atoms with Gasteiger partial charge in [-0.05, 0) is 133 Å². The Morgan fingerprint density at radius 3 is 1.88 bits per heavy atom. The Morgan fingerprint density at radius 2 is 1.32 bits per heavy atom. The molecule has 0 atom stereocenters. The maximum absolute atomic E-state index is 14.2. The van der Waals surface area contributed by atoms with Gasteiger partial charge in [0.15, 0.2) is 5.78 Å². The van der Waals surface area contributed by atoms with Crippen molar-refractivity contribution in [1.29, 1.82) is 0 Å². The molecule has 0 radical (unpaired) electrons. The van der Waals surface area contributed by atoms with Crippen molar-refractivity contribution in [3.05, 3.63) is 174 Å². The Bertz CT molecular complexity index is 2530. The summed E-state index contributed by atoms with van der Waals surface area (Å²) < 4.78 is 2.12. The van der Waals surface area contributed by atoms with Crippen LogP contribution in [-0.2, 0) is 4.79 Å². The number of anilines is 1. The van der Waals surface area contributed by atoms with Gasteiger partial charge in [-0.15, -0.1) is 6.58 Å². The normalized spacial score (nSPS) is 11.7. The third-order valence-corrected chi connectivity index (χ3v) is 8.68. The molecular weight excluding hydrogens is 729 g/mol. The van der Waals surface area contributed by atoms with E-state index in [0.717, 1.165) is 55.2 Å². The number of rotatable bonds is 6. The lowest BCUT2D eigenvalue weighted by atomic mass is 10.0. The first-order valence-electron chi connectivity index (χ1n) is 19.8. The number of carbonyl (C=O) groups excluding carboxylic acids is 3. The maximum Gasteiger partial charge on any atom is 0.268 e. The van der Waals surface area contributed by atoms with E-state index in [1.807, 2.05) is 124 Å². The SMILES string of the molecule is C/C=C/C(C)=O.C=C(C)/C=C\N=CC.C=C(C)C.CC.Cc1cc(C)c(N2C(=O)c3cccc(-n4c5ccccc5c5ccc(-c6ccncc6)cc54)c3C2=O)c(C)c1. The number of allylic oxidation sites excluding steroid dienone is 5. The van der Waals surface area contributed by atoms with Gasteiger partial charge in [0, 0.05) is 35.6 Å². The molecule has 0 bridgehead atoms. The van der Waals surface area contributed by atoms with Crippen LogP contribution in [-0.4, -0.2) is 33.4 Å². The molecule has 7 rings (SSSR count). The van der Waals surface area contributed by atoms with Crippen molar-refractivity contribution < 1.29 is 14.4 Å². The monoisotopic (exact) mass is 786 g/mol. The quantitative estimate of drug-likeness (QED) is 0.0553. The second-order valence-corrected chi connectivity index (χ2v) is 14.1. The molecule has 4 aromatic carbocycles. The van der Waals surface area contributed by atoms with Gasteiger partial charge in [0.2, 0.25) is 0 Å². The van der Waals surface area contributed by atoms with Crippen LogP contribution in [0.5, 0.6) is 0 Å². The molecule has 3 heterocycles. The van der Waals surface area contributed by atoms with E-state index < -0.39 is 0 Å². The largest absolute Gasteiger partial charge is 0.308 e. The van der Waals surface area contributed by atoms with Crippen molar-refractivity contribution in [1.82, 2.24) is 9.55 Å². The summed E-state index contributed by atoms with van der Waals surface area (Å²) in [4.78, 5) is 47.2. The number of benzene rings is 4. The molecule has 7 nitrogen and oxygen atoms in total. The van der Waals surface area contributed by atoms with Crippen LogP contribution in [0.1, 0.15) is 92.8 Å². The number of carbonyl (C=O) groups is 3. The van der Waals surface area contributed by atoms with Crippen LogP contribution in [0.25, 0.3) is 38.6 Å². The van der Waals surface area contributed by atoms with Crippen LogP contribution in [0, 0.1) is 20.8 Å². The minimum Gasteiger partial charge on any atom is -0.308 e. The van der Waals surface area contributed by atoms with Gasteiger partial charge in [0.05, 0.1) is 33.5 Å². The molecule has 2 amide bonds. The Balaban J connectivity index is 0.000000389. The van der Waals surface area contributed by atoms with Crippen molar-refractivity contribution in [3.8, 4) is 16.8 Å². The molecule has 1 aliphatic rings. The number of ketones is 1. The maximum atomic E-state index is 14.2. The van der Waals surface area contributed by atoms with E-state index in [1.54, 1.807) is 37.0 Å². The standard InChI is InChI=1S/C34H25N3O2.C7H11N.C5H8O.C4H8.C2H6/c1-20-17-21(2)32(22(3)18-20)37-33(38)27-8-6-10-29(31(27)34(37)39)36-28-9-5-4-7-25(28)26-12-11-24(19-30(26)36)23-13-15-35-16-14-23;1-4-8-6-5-7(2)3;1-3-4-5(2)6;1-4(2)3;1-2/h4-19H,1-3H3;4-6H,2H2,1,3H3;3-4H,1-2H3;1H2,2-3H3;1-2H3/b;6-5-,8-4?;4-3+;;. The third-order valence-electron chi connectivity index (χ3n) is 8.68. The van der Waals surface area contributed by atoms with E-state index >= 15 is 0 Å². The van der Waals surface area contributed by atoms with Gasteiger partial charge >= 0.3 is 0 Å². The zero-order chi connectivity index (χ0) is 43.8. The van der Waals surface area contributed by atoms with E-state index in [2.05, 4.69) is 58.0 Å². The Hall–Kier alpha value is -6.73. The van der Waals surface area contributed by atoms with E-state index in [4.69, 9.17) is 0 Å². The summed E-state index contributed by atoms with van der Waals surface area (Å²) in [7, 11) is 0. The highest BCUT2D eigenvalue weighted by atomic mass is 16.2. The first kappa shape index (κ1) is 46.7. The molecule has 6 aromatic rings. The molecule has 1 aliphatic heterocycles. The van der Waals surface area contributed by atoms with Gasteiger partial charge in [-0.1, -0.05) is 91.7 Å². The van der Waals surface area contributed by atoms with Crippen molar-refractivity contribution >= 4 is 51.3 Å². The van der Waals surface area contributed by atoms with Crippen molar-refractivity contribution in [2.24, 2.45) is 4.99 Å². The van der Waals surface area contributed by atoms with Gasteiger partial charge in [-0.25, -0.2) is 4.90 Å². The molecule has 0 N–H and O–H groups in total. The van der Waals surface area contributed by atoms with Gasteiger partial charge in [0.1, 0.15) is 0 Å². The van der Waals surface area contributed by atoms with Crippen LogP contribution in [0.3, 0.4) is 0 Å². The molecule has 7 heteroatoms. The third kappa shape index (κ3) is 11.7. The molecule has 304 valence electrons. The second kappa shape index (κ2) is 22.3. The van der Waals surface area contributed by atoms with E-state index in [9.17, 15) is 14.4 Å². The van der Waals surface area contributed by atoms with Gasteiger partial charge in [-0.2, -0.15) is 0 Å². The molecule has 59 heavy (non-hydrogen) atoms. The van der Waals surface area contributed by atoms with E-state index in [1.165, 1.54) is 23.5 Å². The zero-order valence-electron chi connectivity index (χ0n) is 36.6. The first-order valence-corrected chi connectivity index (χ1v) is 19.8. The highest BCUT2D eigenvalue weighted by Crippen LogP contribution is 2.40. The molecule has 0 saturated heterocycles. The fourth-order valence-electron chi connectivity index (χ4n) is 6.63. The number of hydrogen-bond donors (Lipinski definition) is 0. The Kier molecular flexibility index (Phi) is 17.6. The van der Waals surface area contributed by atoms with Gasteiger partial charge < -0.3 is 4.57 Å². The number of aryl methyl sites for hydroxylation is 3. The lowest BCUT2D eigenvalue weighted by Gasteiger charge is -2.20. The second-order valence-electron chi connectivity index (χ2n) is 14.1. The van der Waals surface area contributed by atoms with Crippen molar-refractivity contribution in [2.45, 2.75) is 76.2 Å². The smallest absolute Gasteiger partial charge is 0.268 e. The summed E-state index contributed by atoms with van der Waals surface area (Å²) in [5.74, 6) is -0.473. The van der Waals surface area contributed by atoms with E-state index in [0.29, 0.717) is 22.5 Å². The summed E-state index contributed by atoms with van der Waals surface area (Å²) in [6.07, 6.45) is 12.1. The molecule has 0 unspecified atom stereocenters. The molecule has 2 aromatic heterocycles. The zero-order valence-corrected chi connectivity index (χ0v) is 36.6. The average Bonchev–Trinajstić information content (AvgIpc) is 3.66. The number of aromatic nitrogens is 2. The number of imide groups is 1. The summed E-state index contributed by atoms with van der Waals surface area (Å²) in [5, 5.41) is 2.17. The highest BCUT2D eigenvalue weighted by Gasteiger charge is 2.40. The number of pyridine rings is 1. The summed E-state index contributed by atoms with van der Waals surface area (Å²) in [5.41, 5.74) is 11.4. The molecule has 0 aliphatic carbocycles. The number of aliphatic imine (C=N–C) groups is 1. The highest BCUT2D eigenvalue weighted by molar-refractivity contribution is 6.36. The summed E-state index contributed by atoms with van der Waals surface area (Å²) in [6, 6.07) is 28.1. The van der Waals surface area contributed by atoms with Crippen LogP contribution in [0.2, 0.25) is 0 Å². The van der Waals surface area contributed by atoms with Crippen LogP contribution in [0.15, 0.2) is 151 Å². The fraction of sp³-hybridized carbons (Fsp3) is 0.212. The lowest BCUT2D eigenvalue weighted by Crippen LogP contribution is -2.31. The molecule has 0 spiro atoms.